The molecule has 1 aliphatic heterocycles. The van der Waals surface area contributed by atoms with Crippen LogP contribution in [0.5, 0.6) is 0 Å². The molecule has 1 aliphatic rings. The summed E-state index contributed by atoms with van der Waals surface area (Å²) < 4.78 is 0. The maximum atomic E-state index is 13.3. The van der Waals surface area contributed by atoms with Crippen molar-refractivity contribution >= 4 is 34.6 Å². The van der Waals surface area contributed by atoms with E-state index in [-0.39, 0.29) is 12.3 Å². The second-order valence-corrected chi connectivity index (χ2v) is 10.3. The third-order valence-electron chi connectivity index (χ3n) is 7.08. The smallest absolute Gasteiger partial charge is 0.326 e. The summed E-state index contributed by atoms with van der Waals surface area (Å²) in [5, 5.41) is 16.0. The summed E-state index contributed by atoms with van der Waals surface area (Å²) >= 11 is 0. The fourth-order valence-electron chi connectivity index (χ4n) is 4.92. The molecule has 208 valence electrons. The van der Waals surface area contributed by atoms with E-state index < -0.39 is 47.9 Å². The summed E-state index contributed by atoms with van der Waals surface area (Å²) in [7, 11) is 0. The summed E-state index contributed by atoms with van der Waals surface area (Å²) in [6, 6.07) is 4.10. The van der Waals surface area contributed by atoms with Gasteiger partial charge < -0.3 is 37.1 Å². The second-order valence-electron chi connectivity index (χ2n) is 10.3. The minimum Gasteiger partial charge on any atom is -0.480 e. The van der Waals surface area contributed by atoms with E-state index in [4.69, 9.17) is 11.5 Å². The first-order valence-corrected chi connectivity index (χ1v) is 13.3. The Labute approximate surface area is 222 Å². The van der Waals surface area contributed by atoms with Gasteiger partial charge in [-0.15, -0.1) is 0 Å². The van der Waals surface area contributed by atoms with Crippen LogP contribution in [-0.4, -0.2) is 75.9 Å². The standard InChI is InChI=1S/C27H40N6O5/c1-16(2)23(32-24(34)19(29)14-17-15-30-20-9-4-3-8-18(17)20)25(35)31-21(10-5-6-12-28)26(36)33-13-7-11-22(33)27(37)38/h3-4,8-9,15-16,19,21-23,30H,5-7,10-14,28-29H2,1-2H3,(H,31,35)(H,32,34)(H,37,38). The maximum absolute atomic E-state index is 13.3. The molecule has 0 aliphatic carbocycles. The zero-order valence-corrected chi connectivity index (χ0v) is 22.1. The van der Waals surface area contributed by atoms with Crippen molar-refractivity contribution in [2.75, 3.05) is 13.1 Å². The maximum Gasteiger partial charge on any atom is 0.326 e. The van der Waals surface area contributed by atoms with Gasteiger partial charge in [0.1, 0.15) is 18.1 Å². The third-order valence-corrected chi connectivity index (χ3v) is 7.08. The number of aromatic nitrogens is 1. The Bertz CT molecular complexity index is 1130. The lowest BCUT2D eigenvalue weighted by atomic mass is 10.00. The highest BCUT2D eigenvalue weighted by Crippen LogP contribution is 2.21. The molecule has 8 N–H and O–H groups in total. The predicted octanol–water partition coefficient (Wildman–Crippen LogP) is 0.868. The molecule has 2 heterocycles. The summed E-state index contributed by atoms with van der Waals surface area (Å²) in [5.74, 6) is -2.74. The van der Waals surface area contributed by atoms with Crippen LogP contribution in [-0.2, 0) is 25.6 Å². The van der Waals surface area contributed by atoms with Gasteiger partial charge in [0.15, 0.2) is 0 Å². The number of carbonyl (C=O) groups is 4. The summed E-state index contributed by atoms with van der Waals surface area (Å²) in [5.41, 5.74) is 13.7. The third kappa shape index (κ3) is 7.11. The first-order valence-electron chi connectivity index (χ1n) is 13.3. The van der Waals surface area contributed by atoms with Gasteiger partial charge in [-0.3, -0.25) is 14.4 Å². The van der Waals surface area contributed by atoms with E-state index in [0.29, 0.717) is 45.2 Å². The number of nitrogens with one attached hydrogen (secondary N) is 3. The molecule has 1 aromatic heterocycles. The minimum atomic E-state index is -1.06. The van der Waals surface area contributed by atoms with Crippen LogP contribution in [0.15, 0.2) is 30.5 Å². The molecule has 0 bridgehead atoms. The van der Waals surface area contributed by atoms with Crippen molar-refractivity contribution in [3.05, 3.63) is 36.0 Å². The highest BCUT2D eigenvalue weighted by Gasteiger charge is 2.38. The van der Waals surface area contributed by atoms with Crippen LogP contribution in [0.2, 0.25) is 0 Å². The van der Waals surface area contributed by atoms with E-state index in [1.807, 2.05) is 30.5 Å². The van der Waals surface area contributed by atoms with Crippen LogP contribution in [0.25, 0.3) is 10.9 Å². The lowest BCUT2D eigenvalue weighted by Crippen LogP contribution is -2.58. The van der Waals surface area contributed by atoms with Gasteiger partial charge in [0, 0.05) is 23.6 Å². The molecule has 3 amide bonds. The van der Waals surface area contributed by atoms with Crippen LogP contribution in [0, 0.1) is 5.92 Å². The number of carboxylic acid groups (broad SMARTS) is 1. The number of fused-ring (bicyclic) bond motifs is 1. The number of amides is 3. The van der Waals surface area contributed by atoms with Crippen LogP contribution >= 0.6 is 0 Å². The Hall–Kier alpha value is -3.44. The zero-order valence-electron chi connectivity index (χ0n) is 22.1. The van der Waals surface area contributed by atoms with E-state index in [1.54, 1.807) is 13.8 Å². The normalized spacial score (nSPS) is 17.8. The number of hydrogen-bond acceptors (Lipinski definition) is 6. The molecule has 4 unspecified atom stereocenters. The lowest BCUT2D eigenvalue weighted by molar-refractivity contribution is -0.149. The number of benzene rings is 1. The number of aliphatic carboxylic acids is 1. The van der Waals surface area contributed by atoms with Gasteiger partial charge in [-0.05, 0) is 62.6 Å². The number of carboxylic acids is 1. The molecule has 1 fully saturated rings. The van der Waals surface area contributed by atoms with Gasteiger partial charge in [-0.25, -0.2) is 4.79 Å². The molecular weight excluding hydrogens is 488 g/mol. The number of nitrogens with zero attached hydrogens (tertiary/aromatic N) is 1. The highest BCUT2D eigenvalue weighted by atomic mass is 16.4. The molecule has 38 heavy (non-hydrogen) atoms. The van der Waals surface area contributed by atoms with Gasteiger partial charge in [0.25, 0.3) is 0 Å². The molecule has 11 nitrogen and oxygen atoms in total. The molecule has 4 atom stereocenters. The monoisotopic (exact) mass is 528 g/mol. The Balaban J connectivity index is 1.68. The van der Waals surface area contributed by atoms with Crippen LogP contribution < -0.4 is 22.1 Å². The fraction of sp³-hybridized carbons (Fsp3) is 0.556. The van der Waals surface area contributed by atoms with Crippen molar-refractivity contribution in [1.29, 1.82) is 0 Å². The SMILES string of the molecule is CC(C)C(NC(=O)C(N)Cc1c[nH]c2ccccc12)C(=O)NC(CCCCN)C(=O)N1CCCC1C(=O)O. The van der Waals surface area contributed by atoms with Gasteiger partial charge in [0.2, 0.25) is 17.7 Å². The fourth-order valence-corrected chi connectivity index (χ4v) is 4.92. The van der Waals surface area contributed by atoms with Crippen molar-refractivity contribution < 1.29 is 24.3 Å². The second kappa shape index (κ2) is 13.4. The molecule has 0 spiro atoms. The van der Waals surface area contributed by atoms with Crippen LogP contribution in [0.3, 0.4) is 0 Å². The van der Waals surface area contributed by atoms with E-state index in [2.05, 4.69) is 15.6 Å². The summed E-state index contributed by atoms with van der Waals surface area (Å²) in [6.07, 6.45) is 4.65. The molecule has 0 radical (unpaired) electrons. The topological polar surface area (TPSA) is 184 Å². The Morgan fingerprint density at radius 1 is 1.13 bits per heavy atom. The zero-order chi connectivity index (χ0) is 27.8. The van der Waals surface area contributed by atoms with Crippen molar-refractivity contribution in [3.8, 4) is 0 Å². The van der Waals surface area contributed by atoms with E-state index >= 15 is 0 Å². The van der Waals surface area contributed by atoms with Crippen LogP contribution in [0.1, 0.15) is 51.5 Å². The van der Waals surface area contributed by atoms with Crippen molar-refractivity contribution in [1.82, 2.24) is 20.5 Å². The van der Waals surface area contributed by atoms with Gasteiger partial charge >= 0.3 is 5.97 Å². The number of likely N-dealkylation sites (tertiary alicyclic amines) is 1. The molecule has 1 saturated heterocycles. The quantitative estimate of drug-likeness (QED) is 0.208. The van der Waals surface area contributed by atoms with Crippen molar-refractivity contribution in [3.63, 3.8) is 0 Å². The van der Waals surface area contributed by atoms with E-state index in [1.165, 1.54) is 4.90 Å². The number of unbranched alkanes of at least 4 members (excludes halogenated alkanes) is 1. The molecule has 11 heteroatoms. The molecule has 2 aromatic rings. The minimum absolute atomic E-state index is 0.280. The summed E-state index contributed by atoms with van der Waals surface area (Å²) in [4.78, 5) is 55.8. The Kier molecular flexibility index (Phi) is 10.3. The Morgan fingerprint density at radius 2 is 1.87 bits per heavy atom. The number of H-pyrrole nitrogens is 1. The van der Waals surface area contributed by atoms with E-state index in [0.717, 1.165) is 16.5 Å². The number of rotatable bonds is 13. The Morgan fingerprint density at radius 3 is 2.55 bits per heavy atom. The number of para-hydroxylation sites is 1. The predicted molar refractivity (Wildman–Crippen MR) is 144 cm³/mol. The lowest BCUT2D eigenvalue weighted by Gasteiger charge is -2.30. The number of hydrogen-bond donors (Lipinski definition) is 6. The highest BCUT2D eigenvalue weighted by molar-refractivity contribution is 5.94. The molecular formula is C27H40N6O5. The average Bonchev–Trinajstić information content (AvgIpc) is 3.54. The van der Waals surface area contributed by atoms with Gasteiger partial charge in [-0.2, -0.15) is 0 Å². The number of carbonyl (C=O) groups excluding carboxylic acids is 3. The first-order chi connectivity index (χ1) is 18.1. The largest absolute Gasteiger partial charge is 0.480 e. The van der Waals surface area contributed by atoms with Gasteiger partial charge in [0.05, 0.1) is 6.04 Å². The summed E-state index contributed by atoms with van der Waals surface area (Å²) in [6.45, 7) is 4.35. The molecule has 3 rings (SSSR count). The number of nitrogens with two attached hydrogens (primary N) is 2. The number of aromatic amines is 1. The van der Waals surface area contributed by atoms with E-state index in [9.17, 15) is 24.3 Å². The first kappa shape index (κ1) is 29.1. The average molecular weight is 529 g/mol. The van der Waals surface area contributed by atoms with Crippen molar-refractivity contribution in [2.24, 2.45) is 17.4 Å². The molecule has 0 saturated carbocycles. The molecule has 1 aromatic carbocycles. The van der Waals surface area contributed by atoms with Gasteiger partial charge in [-0.1, -0.05) is 32.0 Å². The van der Waals surface area contributed by atoms with Crippen LogP contribution in [0.4, 0.5) is 0 Å². The van der Waals surface area contributed by atoms with Crippen molar-refractivity contribution in [2.45, 2.75) is 76.5 Å².